The fourth-order valence-electron chi connectivity index (χ4n) is 0.667. The molecule has 0 aromatic carbocycles. The van der Waals surface area contributed by atoms with Gasteiger partial charge in [0.2, 0.25) is 0 Å². The van der Waals surface area contributed by atoms with Gasteiger partial charge in [-0.2, -0.15) is 10.2 Å². The van der Waals surface area contributed by atoms with Crippen molar-refractivity contribution in [1.29, 1.82) is 0 Å². The van der Waals surface area contributed by atoms with Gasteiger partial charge in [-0.05, 0) is 13.0 Å². The molecule has 0 unspecified atom stereocenters. The molecule has 0 aromatic rings. The second-order valence-electron chi connectivity index (χ2n) is 3.38. The van der Waals surface area contributed by atoms with Gasteiger partial charge >= 0.3 is 0 Å². The first-order valence-electron chi connectivity index (χ1n) is 3.69. The van der Waals surface area contributed by atoms with Crippen molar-refractivity contribution in [3.63, 3.8) is 0 Å². The van der Waals surface area contributed by atoms with Gasteiger partial charge in [-0.15, -0.1) is 0 Å². The maximum Gasteiger partial charge on any atom is 0.0680 e. The molecule has 0 aliphatic rings. The van der Waals surface area contributed by atoms with Crippen LogP contribution in [0.15, 0.2) is 22.4 Å². The van der Waals surface area contributed by atoms with Crippen molar-refractivity contribution in [2.45, 2.75) is 27.7 Å². The summed E-state index contributed by atoms with van der Waals surface area (Å²) >= 11 is 0. The monoisotopic (exact) mass is 152 g/mol. The summed E-state index contributed by atoms with van der Waals surface area (Å²) in [5.41, 5.74) is 1.00. The van der Waals surface area contributed by atoms with Gasteiger partial charge in [0.25, 0.3) is 0 Å². The van der Waals surface area contributed by atoms with E-state index in [1.165, 1.54) is 0 Å². The van der Waals surface area contributed by atoms with Crippen molar-refractivity contribution in [2.75, 3.05) is 0 Å². The molecule has 0 bridgehead atoms. The normalized spacial score (nSPS) is 14.0. The highest BCUT2D eigenvalue weighted by atomic mass is 15.2. The summed E-state index contributed by atoms with van der Waals surface area (Å²) in [5.74, 6) is 0. The van der Waals surface area contributed by atoms with E-state index < -0.39 is 0 Å². The van der Waals surface area contributed by atoms with E-state index >= 15 is 0 Å². The predicted molar refractivity (Wildman–Crippen MR) is 51.3 cm³/mol. The zero-order valence-electron chi connectivity index (χ0n) is 7.76. The highest BCUT2D eigenvalue weighted by molar-refractivity contribution is 5.98. The Morgan fingerprint density at radius 2 is 1.91 bits per heavy atom. The van der Waals surface area contributed by atoms with Gasteiger partial charge in [0.1, 0.15) is 0 Å². The Hall–Kier alpha value is -0.920. The smallest absolute Gasteiger partial charge is 0.0680 e. The number of nitrogens with zero attached hydrogens (tertiary/aromatic N) is 2. The van der Waals surface area contributed by atoms with Crippen LogP contribution in [0.1, 0.15) is 27.7 Å². The lowest BCUT2D eigenvalue weighted by molar-refractivity contribution is 0.592. The van der Waals surface area contributed by atoms with E-state index in [-0.39, 0.29) is 5.41 Å². The molecule has 0 aliphatic carbocycles. The molecule has 0 spiro atoms. The molecule has 0 atom stereocenters. The van der Waals surface area contributed by atoms with Crippen LogP contribution in [0.3, 0.4) is 0 Å². The molecule has 0 aliphatic heterocycles. The van der Waals surface area contributed by atoms with Crippen LogP contribution in [-0.4, -0.2) is 12.4 Å². The van der Waals surface area contributed by atoms with Gasteiger partial charge in [0, 0.05) is 12.1 Å². The van der Waals surface area contributed by atoms with E-state index in [1.807, 2.05) is 19.1 Å². The van der Waals surface area contributed by atoms with Gasteiger partial charge < -0.3 is 0 Å². The lowest BCUT2D eigenvalue weighted by Crippen LogP contribution is -2.17. The molecule has 2 heteroatoms. The van der Waals surface area contributed by atoms with Crippen molar-refractivity contribution in [3.05, 3.63) is 12.2 Å². The van der Waals surface area contributed by atoms with Crippen molar-refractivity contribution in [1.82, 2.24) is 0 Å². The average Bonchev–Trinajstić information content (AvgIpc) is 1.85. The van der Waals surface area contributed by atoms with Gasteiger partial charge in [0.05, 0.1) is 5.71 Å². The molecule has 0 rings (SSSR count). The summed E-state index contributed by atoms with van der Waals surface area (Å²) in [4.78, 5) is 0. The molecule has 0 aromatic heterocycles. The minimum Gasteiger partial charge on any atom is -0.167 e. The van der Waals surface area contributed by atoms with Crippen molar-refractivity contribution >= 4 is 12.4 Å². The standard InChI is InChI=1S/C9H16N2/c1-6-7-8(11-10-5)9(2,3)4/h6-7H,5H2,1-4H3/b7-6-,11-8+. The summed E-state index contributed by atoms with van der Waals surface area (Å²) in [6.07, 6.45) is 3.91. The average molecular weight is 152 g/mol. The van der Waals surface area contributed by atoms with Crippen LogP contribution in [0, 0.1) is 5.41 Å². The Morgan fingerprint density at radius 1 is 1.36 bits per heavy atom. The molecule has 2 nitrogen and oxygen atoms in total. The Balaban J connectivity index is 4.61. The van der Waals surface area contributed by atoms with Crippen molar-refractivity contribution < 1.29 is 0 Å². The van der Waals surface area contributed by atoms with Gasteiger partial charge in [-0.1, -0.05) is 26.8 Å². The summed E-state index contributed by atoms with van der Waals surface area (Å²) in [6, 6.07) is 0. The third-order valence-corrected chi connectivity index (χ3v) is 1.27. The van der Waals surface area contributed by atoms with Crippen LogP contribution in [0.25, 0.3) is 0 Å². The van der Waals surface area contributed by atoms with Gasteiger partial charge in [0.15, 0.2) is 0 Å². The fraction of sp³-hybridized carbons (Fsp3) is 0.556. The largest absolute Gasteiger partial charge is 0.167 e. The number of hydrogen-bond acceptors (Lipinski definition) is 2. The zero-order valence-corrected chi connectivity index (χ0v) is 7.76. The van der Waals surface area contributed by atoms with Crippen molar-refractivity contribution in [3.8, 4) is 0 Å². The molecular formula is C9H16N2. The quantitative estimate of drug-likeness (QED) is 0.429. The first kappa shape index (κ1) is 10.1. The Kier molecular flexibility index (Phi) is 3.72. The summed E-state index contributed by atoms with van der Waals surface area (Å²) in [5, 5.41) is 7.44. The highest BCUT2D eigenvalue weighted by Crippen LogP contribution is 2.16. The van der Waals surface area contributed by atoms with E-state index in [0.717, 1.165) is 5.71 Å². The molecular weight excluding hydrogens is 136 g/mol. The van der Waals surface area contributed by atoms with Crippen LogP contribution >= 0.6 is 0 Å². The van der Waals surface area contributed by atoms with E-state index in [2.05, 4.69) is 37.7 Å². The van der Waals surface area contributed by atoms with E-state index in [4.69, 9.17) is 0 Å². The van der Waals surface area contributed by atoms with E-state index in [1.54, 1.807) is 0 Å². The minimum absolute atomic E-state index is 0.0493. The molecule has 0 heterocycles. The fourth-order valence-corrected chi connectivity index (χ4v) is 0.667. The third-order valence-electron chi connectivity index (χ3n) is 1.27. The van der Waals surface area contributed by atoms with Crippen LogP contribution in [0.5, 0.6) is 0 Å². The van der Waals surface area contributed by atoms with Crippen LogP contribution in [0.4, 0.5) is 0 Å². The zero-order chi connectivity index (χ0) is 8.91. The predicted octanol–water partition coefficient (Wildman–Crippen LogP) is 2.67. The Bertz CT molecular complexity index is 182. The number of hydrogen-bond donors (Lipinski definition) is 0. The molecule has 0 saturated heterocycles. The SMILES string of the molecule is C=N/N=C(\C=C/C)C(C)(C)C. The highest BCUT2D eigenvalue weighted by Gasteiger charge is 2.15. The minimum atomic E-state index is 0.0493. The topological polar surface area (TPSA) is 24.7 Å². The summed E-state index contributed by atoms with van der Waals surface area (Å²) in [7, 11) is 0. The summed E-state index contributed by atoms with van der Waals surface area (Å²) in [6.45, 7) is 11.6. The molecule has 0 saturated carbocycles. The molecule has 0 radical (unpaired) electrons. The second kappa shape index (κ2) is 4.06. The number of rotatable bonds is 2. The third kappa shape index (κ3) is 3.71. The first-order chi connectivity index (χ1) is 5.02. The first-order valence-corrected chi connectivity index (χ1v) is 3.69. The lowest BCUT2D eigenvalue weighted by Gasteiger charge is -2.16. The van der Waals surface area contributed by atoms with Crippen LogP contribution < -0.4 is 0 Å². The summed E-state index contributed by atoms with van der Waals surface area (Å²) < 4.78 is 0. The van der Waals surface area contributed by atoms with Crippen molar-refractivity contribution in [2.24, 2.45) is 15.6 Å². The van der Waals surface area contributed by atoms with Gasteiger partial charge in [-0.25, -0.2) is 0 Å². The Morgan fingerprint density at radius 3 is 2.18 bits per heavy atom. The molecule has 0 N–H and O–H groups in total. The lowest BCUT2D eigenvalue weighted by atomic mass is 9.90. The van der Waals surface area contributed by atoms with E-state index in [9.17, 15) is 0 Å². The maximum absolute atomic E-state index is 3.93. The molecule has 11 heavy (non-hydrogen) atoms. The molecule has 62 valence electrons. The second-order valence-corrected chi connectivity index (χ2v) is 3.38. The maximum atomic E-state index is 3.93. The van der Waals surface area contributed by atoms with E-state index in [0.29, 0.717) is 0 Å². The van der Waals surface area contributed by atoms with Gasteiger partial charge in [-0.3, -0.25) is 0 Å². The van der Waals surface area contributed by atoms with Crippen LogP contribution in [0.2, 0.25) is 0 Å². The van der Waals surface area contributed by atoms with Crippen LogP contribution in [-0.2, 0) is 0 Å². The molecule has 0 amide bonds. The Labute approximate surface area is 68.7 Å². The number of allylic oxidation sites excluding steroid dienone is 2. The molecule has 0 fully saturated rings.